The fourth-order valence-electron chi connectivity index (χ4n) is 4.15. The van der Waals surface area contributed by atoms with E-state index in [0.717, 1.165) is 16.0 Å². The molecule has 7 nitrogen and oxygen atoms in total. The molecule has 1 aliphatic heterocycles. The second-order valence-corrected chi connectivity index (χ2v) is 8.44. The summed E-state index contributed by atoms with van der Waals surface area (Å²) in [6, 6.07) is 10.5. The molecule has 0 saturated heterocycles. The highest BCUT2D eigenvalue weighted by Crippen LogP contribution is 2.29. The van der Waals surface area contributed by atoms with E-state index >= 15 is 0 Å². The van der Waals surface area contributed by atoms with Gasteiger partial charge in [0.25, 0.3) is 11.8 Å². The van der Waals surface area contributed by atoms with Crippen LogP contribution in [0.3, 0.4) is 0 Å². The van der Waals surface area contributed by atoms with E-state index in [-0.39, 0.29) is 23.7 Å². The number of benzene rings is 2. The predicted octanol–water partition coefficient (Wildman–Crippen LogP) is 4.16. The van der Waals surface area contributed by atoms with Crippen LogP contribution in [-0.4, -0.2) is 28.7 Å². The lowest BCUT2D eigenvalue weighted by atomic mass is 9.97. The van der Waals surface area contributed by atoms with E-state index < -0.39 is 29.5 Å². The molecule has 2 heterocycles. The first kappa shape index (κ1) is 22.5. The maximum absolute atomic E-state index is 13.2. The first-order valence-electron chi connectivity index (χ1n) is 10.9. The Hall–Kier alpha value is -3.74. The number of fused-ring (bicyclic) bond motifs is 2. The van der Waals surface area contributed by atoms with Crippen LogP contribution in [0, 0.1) is 19.8 Å². The van der Waals surface area contributed by atoms with Gasteiger partial charge in [0.2, 0.25) is 0 Å². The van der Waals surface area contributed by atoms with Crippen molar-refractivity contribution in [2.45, 2.75) is 46.8 Å². The van der Waals surface area contributed by atoms with Gasteiger partial charge in [-0.05, 0) is 43.0 Å². The Morgan fingerprint density at radius 3 is 2.27 bits per heavy atom. The Kier molecular flexibility index (Phi) is 5.89. The zero-order valence-electron chi connectivity index (χ0n) is 19.0. The van der Waals surface area contributed by atoms with Crippen LogP contribution in [0.4, 0.5) is 0 Å². The van der Waals surface area contributed by atoms with Gasteiger partial charge in [-0.2, -0.15) is 0 Å². The molecular weight excluding hydrogens is 422 g/mol. The van der Waals surface area contributed by atoms with Gasteiger partial charge in [0.05, 0.1) is 11.1 Å². The molecule has 0 radical (unpaired) electrons. The maximum atomic E-state index is 13.2. The van der Waals surface area contributed by atoms with Crippen molar-refractivity contribution in [3.8, 4) is 0 Å². The van der Waals surface area contributed by atoms with Crippen LogP contribution in [0.25, 0.3) is 11.0 Å². The van der Waals surface area contributed by atoms with Gasteiger partial charge in [0.15, 0.2) is 0 Å². The van der Waals surface area contributed by atoms with Crippen LogP contribution >= 0.6 is 0 Å². The summed E-state index contributed by atoms with van der Waals surface area (Å²) in [6.07, 6.45) is 0.559. The molecule has 0 bridgehead atoms. The van der Waals surface area contributed by atoms with E-state index in [9.17, 15) is 19.2 Å². The standard InChI is InChI=1S/C26H25NO6/c1-5-14(2)22(27-24(29)19-8-6-7-9-20(19)25(27)30)26(31)32-13-17-12-21(28)33-23-16(4)15(3)10-11-18(17)23/h6-12,14,22H,5,13H2,1-4H3/t14-,22-/m0/s1. The Morgan fingerprint density at radius 2 is 1.67 bits per heavy atom. The normalized spacial score (nSPS) is 15.0. The largest absolute Gasteiger partial charge is 0.459 e. The number of hydrogen-bond acceptors (Lipinski definition) is 6. The van der Waals surface area contributed by atoms with E-state index in [4.69, 9.17) is 9.15 Å². The van der Waals surface area contributed by atoms with Crippen molar-refractivity contribution in [1.82, 2.24) is 4.90 Å². The van der Waals surface area contributed by atoms with Crippen LogP contribution < -0.4 is 5.63 Å². The molecular formula is C26H25NO6. The van der Waals surface area contributed by atoms with Crippen LogP contribution in [0.2, 0.25) is 0 Å². The Labute approximate surface area is 191 Å². The number of nitrogens with zero attached hydrogens (tertiary/aromatic N) is 1. The van der Waals surface area contributed by atoms with Crippen LogP contribution in [-0.2, 0) is 16.1 Å². The monoisotopic (exact) mass is 447 g/mol. The fraction of sp³-hybridized carbons (Fsp3) is 0.308. The number of carbonyl (C=O) groups is 3. The van der Waals surface area contributed by atoms with Gasteiger partial charge in [-0.1, -0.05) is 44.5 Å². The molecule has 0 aliphatic carbocycles. The summed E-state index contributed by atoms with van der Waals surface area (Å²) >= 11 is 0. The highest BCUT2D eigenvalue weighted by atomic mass is 16.5. The topological polar surface area (TPSA) is 93.9 Å². The Balaban J connectivity index is 1.64. The molecule has 0 saturated carbocycles. The van der Waals surface area contributed by atoms with Crippen molar-refractivity contribution in [3.63, 3.8) is 0 Å². The highest BCUT2D eigenvalue weighted by Gasteiger charge is 2.45. The number of imide groups is 1. The molecule has 170 valence electrons. The van der Waals surface area contributed by atoms with Crippen LogP contribution in [0.5, 0.6) is 0 Å². The second-order valence-electron chi connectivity index (χ2n) is 8.44. The average molecular weight is 447 g/mol. The molecule has 1 aromatic heterocycles. The lowest BCUT2D eigenvalue weighted by molar-refractivity contribution is -0.151. The molecule has 7 heteroatoms. The third-order valence-corrected chi connectivity index (χ3v) is 6.42. The minimum absolute atomic E-state index is 0.181. The molecule has 2 aromatic carbocycles. The number of amides is 2. The average Bonchev–Trinajstić information content (AvgIpc) is 3.05. The Morgan fingerprint density at radius 1 is 1.03 bits per heavy atom. The molecule has 2 atom stereocenters. The van der Waals surface area contributed by atoms with Crippen molar-refractivity contribution in [1.29, 1.82) is 0 Å². The number of rotatable bonds is 6. The summed E-state index contributed by atoms with van der Waals surface area (Å²) in [5.74, 6) is -2.02. The molecule has 4 rings (SSSR count). The van der Waals surface area contributed by atoms with Gasteiger partial charge >= 0.3 is 11.6 Å². The zero-order chi connectivity index (χ0) is 23.9. The van der Waals surface area contributed by atoms with Gasteiger partial charge in [0, 0.05) is 17.0 Å². The number of esters is 1. The zero-order valence-corrected chi connectivity index (χ0v) is 19.0. The second kappa shape index (κ2) is 8.65. The number of aryl methyl sites for hydroxylation is 2. The number of hydrogen-bond donors (Lipinski definition) is 0. The summed E-state index contributed by atoms with van der Waals surface area (Å²) in [4.78, 5) is 52.3. The predicted molar refractivity (Wildman–Crippen MR) is 122 cm³/mol. The molecule has 0 N–H and O–H groups in total. The summed E-state index contributed by atoms with van der Waals surface area (Å²) in [6.45, 7) is 7.27. The number of carbonyl (C=O) groups excluding carboxylic acids is 3. The summed E-state index contributed by atoms with van der Waals surface area (Å²) in [5, 5.41) is 0.673. The van der Waals surface area contributed by atoms with Crippen molar-refractivity contribution in [2.75, 3.05) is 0 Å². The third kappa shape index (κ3) is 3.84. The SMILES string of the molecule is CC[C@H](C)[C@@H](C(=O)OCc1cc(=O)oc2c(C)c(C)ccc12)N1C(=O)c2ccccc2C1=O. The van der Waals surface area contributed by atoms with Gasteiger partial charge < -0.3 is 9.15 Å². The first-order valence-corrected chi connectivity index (χ1v) is 10.9. The maximum Gasteiger partial charge on any atom is 0.336 e. The molecule has 0 unspecified atom stereocenters. The van der Waals surface area contributed by atoms with Crippen molar-refractivity contribution >= 4 is 28.8 Å². The fourth-order valence-corrected chi connectivity index (χ4v) is 4.15. The lowest BCUT2D eigenvalue weighted by Crippen LogP contribution is -2.49. The molecule has 33 heavy (non-hydrogen) atoms. The smallest absolute Gasteiger partial charge is 0.336 e. The molecule has 3 aromatic rings. The van der Waals surface area contributed by atoms with Gasteiger partial charge in [0.1, 0.15) is 18.2 Å². The molecule has 0 fully saturated rings. The highest BCUT2D eigenvalue weighted by molar-refractivity contribution is 6.22. The van der Waals surface area contributed by atoms with E-state index in [1.54, 1.807) is 31.2 Å². The van der Waals surface area contributed by atoms with Gasteiger partial charge in [-0.25, -0.2) is 9.59 Å². The van der Waals surface area contributed by atoms with E-state index in [0.29, 0.717) is 23.0 Å². The number of ether oxygens (including phenoxy) is 1. The summed E-state index contributed by atoms with van der Waals surface area (Å²) in [7, 11) is 0. The van der Waals surface area contributed by atoms with Gasteiger partial charge in [-0.3, -0.25) is 14.5 Å². The summed E-state index contributed by atoms with van der Waals surface area (Å²) in [5.41, 5.74) is 2.78. The van der Waals surface area contributed by atoms with Crippen molar-refractivity contribution in [3.05, 3.63) is 80.7 Å². The Bertz CT molecular complexity index is 1300. The van der Waals surface area contributed by atoms with Crippen LogP contribution in [0.1, 0.15) is 57.7 Å². The van der Waals surface area contributed by atoms with Gasteiger partial charge in [-0.15, -0.1) is 0 Å². The van der Waals surface area contributed by atoms with Crippen LogP contribution in [0.15, 0.2) is 51.7 Å². The molecule has 1 aliphatic rings. The summed E-state index contributed by atoms with van der Waals surface area (Å²) < 4.78 is 11.0. The van der Waals surface area contributed by atoms with E-state index in [1.807, 2.05) is 32.9 Å². The lowest BCUT2D eigenvalue weighted by Gasteiger charge is -2.29. The quantitative estimate of drug-likeness (QED) is 0.320. The van der Waals surface area contributed by atoms with Crippen molar-refractivity contribution in [2.24, 2.45) is 5.92 Å². The van der Waals surface area contributed by atoms with E-state index in [2.05, 4.69) is 0 Å². The first-order chi connectivity index (χ1) is 15.7. The molecule has 2 amide bonds. The molecule has 0 spiro atoms. The third-order valence-electron chi connectivity index (χ3n) is 6.42. The minimum atomic E-state index is -1.07. The minimum Gasteiger partial charge on any atom is -0.459 e. The van der Waals surface area contributed by atoms with Crippen molar-refractivity contribution < 1.29 is 23.5 Å². The van der Waals surface area contributed by atoms with E-state index in [1.165, 1.54) is 6.07 Å².